The summed E-state index contributed by atoms with van der Waals surface area (Å²) in [5.74, 6) is 1.61. The Hall–Kier alpha value is -0.300. The first-order chi connectivity index (χ1) is 6.33. The van der Waals surface area contributed by atoms with Gasteiger partial charge in [0.2, 0.25) is 0 Å². The van der Waals surface area contributed by atoms with Gasteiger partial charge in [-0.1, -0.05) is 25.3 Å². The van der Waals surface area contributed by atoms with Crippen molar-refractivity contribution in [2.75, 3.05) is 5.88 Å². The van der Waals surface area contributed by atoms with Crippen LogP contribution in [0.3, 0.4) is 0 Å². The maximum Gasteiger partial charge on any atom is 0.155 e. The van der Waals surface area contributed by atoms with E-state index in [0.29, 0.717) is 11.7 Å². The Morgan fingerprint density at radius 2 is 2.08 bits per heavy atom. The van der Waals surface area contributed by atoms with Crippen molar-refractivity contribution >= 4 is 17.4 Å². The summed E-state index contributed by atoms with van der Waals surface area (Å²) in [6, 6.07) is 0. The third-order valence-electron chi connectivity index (χ3n) is 2.48. The van der Waals surface area contributed by atoms with Gasteiger partial charge in [-0.3, -0.25) is 4.79 Å². The Morgan fingerprint density at radius 3 is 2.69 bits per heavy atom. The van der Waals surface area contributed by atoms with Crippen LogP contribution in [0.1, 0.15) is 38.5 Å². The first-order valence-corrected chi connectivity index (χ1v) is 5.63. The molecule has 0 aromatic rings. The van der Waals surface area contributed by atoms with Crippen LogP contribution in [0.15, 0.2) is 12.2 Å². The second-order valence-corrected chi connectivity index (χ2v) is 4.06. The fourth-order valence-corrected chi connectivity index (χ4v) is 1.88. The van der Waals surface area contributed by atoms with Crippen LogP contribution in [0, 0.1) is 5.92 Å². The lowest BCUT2D eigenvalue weighted by Gasteiger charge is -2.05. The highest BCUT2D eigenvalue weighted by Crippen LogP contribution is 2.21. The molecule has 0 aromatic heterocycles. The highest BCUT2D eigenvalue weighted by Gasteiger charge is 2.14. The van der Waals surface area contributed by atoms with Crippen LogP contribution in [-0.2, 0) is 4.79 Å². The molecule has 0 aliphatic heterocycles. The number of rotatable bonds is 6. The van der Waals surface area contributed by atoms with Gasteiger partial charge in [-0.05, 0) is 24.8 Å². The van der Waals surface area contributed by atoms with Crippen LogP contribution in [0.2, 0.25) is 0 Å². The summed E-state index contributed by atoms with van der Waals surface area (Å²) < 4.78 is 0. The average molecular weight is 201 g/mol. The van der Waals surface area contributed by atoms with Gasteiger partial charge in [-0.25, -0.2) is 0 Å². The van der Waals surface area contributed by atoms with Crippen molar-refractivity contribution in [1.82, 2.24) is 0 Å². The molecule has 0 amide bonds. The van der Waals surface area contributed by atoms with Gasteiger partial charge in [-0.15, -0.1) is 11.6 Å². The summed E-state index contributed by atoms with van der Waals surface area (Å²) in [6.45, 7) is 0. The zero-order valence-corrected chi connectivity index (χ0v) is 8.72. The molecule has 2 heteroatoms. The van der Waals surface area contributed by atoms with Crippen LogP contribution in [-0.4, -0.2) is 11.7 Å². The second-order valence-electron chi connectivity index (χ2n) is 3.68. The Balaban J connectivity index is 1.95. The Bertz CT molecular complexity index is 187. The molecule has 74 valence electrons. The van der Waals surface area contributed by atoms with Crippen molar-refractivity contribution in [3.63, 3.8) is 0 Å². The van der Waals surface area contributed by atoms with Crippen molar-refractivity contribution in [2.24, 2.45) is 5.92 Å². The number of carbonyl (C=O) groups is 1. The number of halogens is 1. The highest BCUT2D eigenvalue weighted by molar-refractivity contribution is 6.17. The van der Waals surface area contributed by atoms with Crippen molar-refractivity contribution in [1.29, 1.82) is 0 Å². The summed E-state index contributed by atoms with van der Waals surface area (Å²) >= 11 is 5.57. The first kappa shape index (κ1) is 10.8. The molecule has 0 heterocycles. The van der Waals surface area contributed by atoms with Crippen molar-refractivity contribution in [2.45, 2.75) is 38.5 Å². The molecule has 0 bridgehead atoms. The van der Waals surface area contributed by atoms with E-state index in [1.54, 1.807) is 6.08 Å². The highest BCUT2D eigenvalue weighted by atomic mass is 35.5. The Labute approximate surface area is 85.2 Å². The van der Waals surface area contributed by atoms with Crippen LogP contribution < -0.4 is 0 Å². The average Bonchev–Trinajstić information content (AvgIpc) is 2.51. The predicted octanol–water partition coefficient (Wildman–Crippen LogP) is 3.32. The minimum absolute atomic E-state index is 0.297. The van der Waals surface area contributed by atoms with E-state index in [1.165, 1.54) is 25.7 Å². The van der Waals surface area contributed by atoms with Gasteiger partial charge in [0, 0.05) is 12.3 Å². The maximum absolute atomic E-state index is 10.9. The van der Waals surface area contributed by atoms with E-state index in [9.17, 15) is 4.79 Å². The van der Waals surface area contributed by atoms with Gasteiger partial charge in [0.15, 0.2) is 5.78 Å². The molecular weight excluding hydrogens is 184 g/mol. The minimum Gasteiger partial charge on any atom is -0.295 e. The lowest BCUT2D eigenvalue weighted by atomic mass is 10.0. The van der Waals surface area contributed by atoms with Gasteiger partial charge in [0.05, 0.1) is 0 Å². The van der Waals surface area contributed by atoms with Crippen molar-refractivity contribution in [3.05, 3.63) is 12.2 Å². The standard InChI is InChI=1S/C11H17ClO/c12-8-4-2-1-3-5-10-6-7-11(13)9-10/h6-7,10H,1-5,8-9H2/t10-/m1/s1. The monoisotopic (exact) mass is 200 g/mol. The van der Waals surface area contributed by atoms with Crippen molar-refractivity contribution in [3.8, 4) is 0 Å². The largest absolute Gasteiger partial charge is 0.295 e. The number of allylic oxidation sites excluding steroid dienone is 2. The smallest absolute Gasteiger partial charge is 0.155 e. The zero-order valence-electron chi connectivity index (χ0n) is 7.97. The summed E-state index contributed by atoms with van der Waals surface area (Å²) in [5.41, 5.74) is 0. The van der Waals surface area contributed by atoms with Gasteiger partial charge in [-0.2, -0.15) is 0 Å². The topological polar surface area (TPSA) is 17.1 Å². The van der Waals surface area contributed by atoms with E-state index in [0.717, 1.165) is 18.7 Å². The van der Waals surface area contributed by atoms with Crippen molar-refractivity contribution < 1.29 is 4.79 Å². The van der Waals surface area contributed by atoms with E-state index >= 15 is 0 Å². The molecule has 0 unspecified atom stereocenters. The maximum atomic E-state index is 10.9. The fraction of sp³-hybridized carbons (Fsp3) is 0.727. The van der Waals surface area contributed by atoms with Crippen LogP contribution in [0.5, 0.6) is 0 Å². The minimum atomic E-state index is 0.297. The lowest BCUT2D eigenvalue weighted by molar-refractivity contribution is -0.114. The first-order valence-electron chi connectivity index (χ1n) is 5.10. The van der Waals surface area contributed by atoms with Gasteiger partial charge in [0.25, 0.3) is 0 Å². The molecule has 1 atom stereocenters. The Morgan fingerprint density at radius 1 is 1.31 bits per heavy atom. The molecule has 0 saturated carbocycles. The second kappa shape index (κ2) is 6.20. The van der Waals surface area contributed by atoms with Crippen LogP contribution in [0.25, 0.3) is 0 Å². The summed E-state index contributed by atoms with van der Waals surface area (Å²) in [4.78, 5) is 10.9. The van der Waals surface area contributed by atoms with E-state index < -0.39 is 0 Å². The molecular formula is C11H17ClO. The number of hydrogen-bond donors (Lipinski definition) is 0. The van der Waals surface area contributed by atoms with E-state index in [-0.39, 0.29) is 0 Å². The predicted molar refractivity (Wildman–Crippen MR) is 56.1 cm³/mol. The number of alkyl halides is 1. The number of carbonyl (C=O) groups excluding carboxylic acids is 1. The fourth-order valence-electron chi connectivity index (χ4n) is 1.69. The van der Waals surface area contributed by atoms with Gasteiger partial charge in [0.1, 0.15) is 0 Å². The van der Waals surface area contributed by atoms with Crippen LogP contribution in [0.4, 0.5) is 0 Å². The number of hydrogen-bond acceptors (Lipinski definition) is 1. The molecule has 0 saturated heterocycles. The molecule has 1 aliphatic carbocycles. The zero-order chi connectivity index (χ0) is 9.52. The molecule has 0 aromatic carbocycles. The summed E-state index contributed by atoms with van der Waals surface area (Å²) in [7, 11) is 0. The molecule has 1 nitrogen and oxygen atoms in total. The van der Waals surface area contributed by atoms with Gasteiger partial charge >= 0.3 is 0 Å². The van der Waals surface area contributed by atoms with E-state index in [2.05, 4.69) is 6.08 Å². The summed E-state index contributed by atoms with van der Waals surface area (Å²) in [6.07, 6.45) is 10.5. The number of ketones is 1. The molecule has 0 radical (unpaired) electrons. The molecule has 0 spiro atoms. The molecule has 13 heavy (non-hydrogen) atoms. The van der Waals surface area contributed by atoms with Crippen LogP contribution >= 0.6 is 11.6 Å². The van der Waals surface area contributed by atoms with E-state index in [4.69, 9.17) is 11.6 Å². The summed E-state index contributed by atoms with van der Waals surface area (Å²) in [5, 5.41) is 0. The molecule has 0 N–H and O–H groups in total. The lowest BCUT2D eigenvalue weighted by Crippen LogP contribution is -1.96. The number of unbranched alkanes of at least 4 members (excludes halogenated alkanes) is 3. The van der Waals surface area contributed by atoms with Gasteiger partial charge < -0.3 is 0 Å². The van der Waals surface area contributed by atoms with E-state index in [1.807, 2.05) is 0 Å². The third-order valence-corrected chi connectivity index (χ3v) is 2.74. The molecule has 0 fully saturated rings. The normalized spacial score (nSPS) is 21.3. The molecule has 1 aliphatic rings. The molecule has 1 rings (SSSR count). The third kappa shape index (κ3) is 4.47. The Kier molecular flexibility index (Phi) is 5.14. The quantitative estimate of drug-likeness (QED) is 0.475. The SMILES string of the molecule is O=C1C=C[C@@H](CCCCCCCl)C1.